The van der Waals surface area contributed by atoms with Crippen molar-refractivity contribution in [3.05, 3.63) is 36.1 Å². The lowest BCUT2D eigenvalue weighted by Crippen LogP contribution is -2.35. The Morgan fingerprint density at radius 3 is 2.87 bits per heavy atom. The molecule has 1 aromatic carbocycles. The van der Waals surface area contributed by atoms with Gasteiger partial charge in [-0.25, -0.2) is 0 Å². The number of aliphatic hydroxyl groups is 1. The monoisotopic (exact) mass is 205 g/mol. The molecule has 1 atom stereocenters. The zero-order valence-electron chi connectivity index (χ0n) is 8.73. The number of hydrogen-bond acceptors (Lipinski definition) is 3. The molecule has 0 saturated heterocycles. The van der Waals surface area contributed by atoms with Crippen molar-refractivity contribution in [2.45, 2.75) is 12.3 Å². The van der Waals surface area contributed by atoms with Gasteiger partial charge in [0.1, 0.15) is 5.58 Å². The van der Waals surface area contributed by atoms with Gasteiger partial charge in [-0.05, 0) is 6.07 Å². The Morgan fingerprint density at radius 2 is 2.20 bits per heavy atom. The molecule has 80 valence electrons. The Labute approximate surface area is 88.5 Å². The van der Waals surface area contributed by atoms with Crippen molar-refractivity contribution >= 4 is 11.0 Å². The molecule has 3 nitrogen and oxygen atoms in total. The topological polar surface area (TPSA) is 59.4 Å². The zero-order valence-corrected chi connectivity index (χ0v) is 8.73. The molecule has 0 spiro atoms. The molecular formula is C12H15NO2. The van der Waals surface area contributed by atoms with E-state index in [1.165, 1.54) is 0 Å². The summed E-state index contributed by atoms with van der Waals surface area (Å²) < 4.78 is 5.43. The Kier molecular flexibility index (Phi) is 2.50. The van der Waals surface area contributed by atoms with Crippen LogP contribution in [0.3, 0.4) is 0 Å². The minimum absolute atomic E-state index is 0.0172. The Bertz CT molecular complexity index is 457. The molecule has 2 aromatic rings. The molecule has 1 aromatic heterocycles. The van der Waals surface area contributed by atoms with Gasteiger partial charge in [-0.3, -0.25) is 0 Å². The molecule has 15 heavy (non-hydrogen) atoms. The third-order valence-electron chi connectivity index (χ3n) is 2.93. The quantitative estimate of drug-likeness (QED) is 0.800. The summed E-state index contributed by atoms with van der Waals surface area (Å²) in [5.41, 5.74) is 7.06. The fourth-order valence-corrected chi connectivity index (χ4v) is 1.73. The smallest absolute Gasteiger partial charge is 0.137 e. The van der Waals surface area contributed by atoms with Gasteiger partial charge >= 0.3 is 0 Å². The summed E-state index contributed by atoms with van der Waals surface area (Å²) >= 11 is 0. The highest BCUT2D eigenvalue weighted by Crippen LogP contribution is 2.30. The fraction of sp³-hybridized carbons (Fsp3) is 0.333. The van der Waals surface area contributed by atoms with E-state index in [-0.39, 0.29) is 6.61 Å². The maximum Gasteiger partial charge on any atom is 0.137 e. The molecular weight excluding hydrogens is 190 g/mol. The maximum absolute atomic E-state index is 9.41. The molecule has 3 N–H and O–H groups in total. The largest absolute Gasteiger partial charge is 0.464 e. The number of para-hydroxylation sites is 1. The van der Waals surface area contributed by atoms with Crippen molar-refractivity contribution in [1.82, 2.24) is 0 Å². The second-order valence-electron chi connectivity index (χ2n) is 4.07. The van der Waals surface area contributed by atoms with Crippen molar-refractivity contribution < 1.29 is 9.52 Å². The van der Waals surface area contributed by atoms with Crippen molar-refractivity contribution in [3.8, 4) is 0 Å². The molecule has 0 amide bonds. The first kappa shape index (κ1) is 10.2. The summed E-state index contributed by atoms with van der Waals surface area (Å²) in [4.78, 5) is 0. The molecule has 3 heteroatoms. The summed E-state index contributed by atoms with van der Waals surface area (Å²) in [6.45, 7) is 2.34. The summed E-state index contributed by atoms with van der Waals surface area (Å²) in [5.74, 6) is 0. The van der Waals surface area contributed by atoms with E-state index in [4.69, 9.17) is 10.2 Å². The van der Waals surface area contributed by atoms with Gasteiger partial charge in [-0.15, -0.1) is 0 Å². The summed E-state index contributed by atoms with van der Waals surface area (Å²) in [5, 5.41) is 10.5. The summed E-state index contributed by atoms with van der Waals surface area (Å²) in [7, 11) is 0. The Morgan fingerprint density at radius 1 is 1.40 bits per heavy atom. The van der Waals surface area contributed by atoms with Crippen LogP contribution in [0.1, 0.15) is 12.5 Å². The lowest BCUT2D eigenvalue weighted by molar-refractivity contribution is 0.210. The van der Waals surface area contributed by atoms with Crippen molar-refractivity contribution in [1.29, 1.82) is 0 Å². The maximum atomic E-state index is 9.41. The van der Waals surface area contributed by atoms with Crippen LogP contribution >= 0.6 is 0 Å². The zero-order chi connectivity index (χ0) is 10.9. The number of furan rings is 1. The van der Waals surface area contributed by atoms with Gasteiger partial charge in [-0.2, -0.15) is 0 Å². The first-order valence-corrected chi connectivity index (χ1v) is 4.99. The number of hydrogen-bond donors (Lipinski definition) is 2. The average molecular weight is 205 g/mol. The first-order chi connectivity index (χ1) is 7.21. The van der Waals surface area contributed by atoms with Crippen molar-refractivity contribution in [2.75, 3.05) is 13.2 Å². The normalized spacial score (nSPS) is 15.4. The van der Waals surface area contributed by atoms with E-state index >= 15 is 0 Å². The standard InChI is InChI=1S/C12H15NO2/c1-12(7-13,8-14)10-4-2-3-9-5-6-15-11(9)10/h2-6,14H,7-8,13H2,1H3. The second kappa shape index (κ2) is 3.68. The van der Waals surface area contributed by atoms with Crippen molar-refractivity contribution in [2.24, 2.45) is 5.73 Å². The van der Waals surface area contributed by atoms with Crippen LogP contribution in [0.4, 0.5) is 0 Å². The van der Waals surface area contributed by atoms with Gasteiger partial charge in [0.2, 0.25) is 0 Å². The average Bonchev–Trinajstić information content (AvgIpc) is 2.75. The van der Waals surface area contributed by atoms with Gasteiger partial charge in [0.25, 0.3) is 0 Å². The van der Waals surface area contributed by atoms with Gasteiger partial charge < -0.3 is 15.3 Å². The van der Waals surface area contributed by atoms with Crippen LogP contribution in [-0.4, -0.2) is 18.3 Å². The molecule has 0 aliphatic carbocycles. The predicted octanol–water partition coefficient (Wildman–Crippen LogP) is 1.64. The summed E-state index contributed by atoms with van der Waals surface area (Å²) in [6.07, 6.45) is 1.66. The van der Waals surface area contributed by atoms with E-state index in [2.05, 4.69) is 0 Å². The molecule has 0 aliphatic rings. The molecule has 0 bridgehead atoms. The van der Waals surface area contributed by atoms with Gasteiger partial charge in [0.15, 0.2) is 0 Å². The Hall–Kier alpha value is -1.32. The highest BCUT2D eigenvalue weighted by atomic mass is 16.3. The molecule has 2 rings (SSSR count). The number of benzene rings is 1. The van der Waals surface area contributed by atoms with Crippen LogP contribution in [0.2, 0.25) is 0 Å². The molecule has 0 fully saturated rings. The van der Waals surface area contributed by atoms with E-state index in [0.717, 1.165) is 16.5 Å². The molecule has 0 saturated carbocycles. The number of rotatable bonds is 3. The van der Waals surface area contributed by atoms with Crippen LogP contribution in [-0.2, 0) is 5.41 Å². The lowest BCUT2D eigenvalue weighted by atomic mass is 9.82. The third-order valence-corrected chi connectivity index (χ3v) is 2.93. The van der Waals surface area contributed by atoms with Crippen LogP contribution in [0.25, 0.3) is 11.0 Å². The van der Waals surface area contributed by atoms with E-state index in [0.29, 0.717) is 6.54 Å². The molecule has 0 aliphatic heterocycles. The van der Waals surface area contributed by atoms with E-state index in [9.17, 15) is 5.11 Å². The molecule has 1 unspecified atom stereocenters. The lowest BCUT2D eigenvalue weighted by Gasteiger charge is -2.25. The number of nitrogens with two attached hydrogens (primary N) is 1. The van der Waals surface area contributed by atoms with Crippen molar-refractivity contribution in [3.63, 3.8) is 0 Å². The van der Waals surface area contributed by atoms with Gasteiger partial charge in [-0.1, -0.05) is 25.1 Å². The second-order valence-corrected chi connectivity index (χ2v) is 4.07. The van der Waals surface area contributed by atoms with Crippen LogP contribution in [0.15, 0.2) is 34.9 Å². The third kappa shape index (κ3) is 1.54. The predicted molar refractivity (Wildman–Crippen MR) is 59.7 cm³/mol. The first-order valence-electron chi connectivity index (χ1n) is 4.99. The van der Waals surface area contributed by atoms with Gasteiger partial charge in [0.05, 0.1) is 12.9 Å². The summed E-state index contributed by atoms with van der Waals surface area (Å²) in [6, 6.07) is 7.80. The minimum Gasteiger partial charge on any atom is -0.464 e. The van der Waals surface area contributed by atoms with Crippen LogP contribution in [0.5, 0.6) is 0 Å². The van der Waals surface area contributed by atoms with Crippen LogP contribution in [0, 0.1) is 0 Å². The molecule has 1 heterocycles. The fourth-order valence-electron chi connectivity index (χ4n) is 1.73. The Balaban J connectivity index is 2.64. The minimum atomic E-state index is -0.433. The number of aliphatic hydroxyl groups excluding tert-OH is 1. The SMILES string of the molecule is CC(CN)(CO)c1cccc2ccoc12. The highest BCUT2D eigenvalue weighted by Gasteiger charge is 2.27. The number of fused-ring (bicyclic) bond motifs is 1. The molecule has 0 radical (unpaired) electrons. The van der Waals surface area contributed by atoms with E-state index in [1.807, 2.05) is 31.2 Å². The van der Waals surface area contributed by atoms with Crippen LogP contribution < -0.4 is 5.73 Å². The van der Waals surface area contributed by atoms with E-state index < -0.39 is 5.41 Å². The van der Waals surface area contributed by atoms with E-state index in [1.54, 1.807) is 6.26 Å². The highest BCUT2D eigenvalue weighted by molar-refractivity contribution is 5.81. The van der Waals surface area contributed by atoms with Gasteiger partial charge in [0, 0.05) is 22.9 Å².